The van der Waals surface area contributed by atoms with Crippen molar-refractivity contribution in [2.45, 2.75) is 27.2 Å². The largest absolute Gasteiger partial charge is 0.758 e. The molecular formula is C19H25N6O2-. The molecule has 1 aromatic heterocycles. The third-order valence-corrected chi connectivity index (χ3v) is 4.12. The van der Waals surface area contributed by atoms with E-state index in [-0.39, 0.29) is 5.91 Å². The van der Waals surface area contributed by atoms with Gasteiger partial charge in [0.15, 0.2) is 5.84 Å². The fourth-order valence-electron chi connectivity index (χ4n) is 2.55. The van der Waals surface area contributed by atoms with Crippen molar-refractivity contribution in [1.82, 2.24) is 10.3 Å². The molecule has 0 saturated heterocycles. The minimum Gasteiger partial charge on any atom is -0.758 e. The standard InChI is InChI=1S/C19H25N6O2/c1-5-8-21-19(26)15-10-22-17(13(15)3)18(23-11-20)24-16-9-14(25(4)27)7-6-12(16)2/h6-7,9-11,22H,5,8H2,1-4H3,(H,21,26)(H2,20,23,24)/q-1. The normalized spacial score (nSPS) is 11.8. The highest BCUT2D eigenvalue weighted by molar-refractivity contribution is 6.07. The monoisotopic (exact) mass is 369 g/mol. The molecule has 0 aliphatic rings. The first-order valence-corrected chi connectivity index (χ1v) is 8.70. The van der Waals surface area contributed by atoms with Gasteiger partial charge in [-0.1, -0.05) is 13.0 Å². The van der Waals surface area contributed by atoms with E-state index in [1.807, 2.05) is 26.8 Å². The number of aromatic amines is 1. The Labute approximate surface area is 158 Å². The molecular weight excluding hydrogens is 344 g/mol. The highest BCUT2D eigenvalue weighted by Crippen LogP contribution is 2.26. The number of hydrogen-bond acceptors (Lipinski definition) is 4. The van der Waals surface area contributed by atoms with Crippen molar-refractivity contribution in [3.8, 4) is 0 Å². The van der Waals surface area contributed by atoms with E-state index in [1.165, 1.54) is 7.05 Å². The van der Waals surface area contributed by atoms with Gasteiger partial charge in [0.25, 0.3) is 5.91 Å². The average molecular weight is 369 g/mol. The lowest BCUT2D eigenvalue weighted by atomic mass is 10.1. The lowest BCUT2D eigenvalue weighted by Crippen LogP contribution is -2.24. The zero-order chi connectivity index (χ0) is 20.0. The molecule has 0 unspecified atom stereocenters. The Morgan fingerprint density at radius 1 is 1.41 bits per heavy atom. The predicted octanol–water partition coefficient (Wildman–Crippen LogP) is 2.77. The minimum absolute atomic E-state index is 0.154. The number of aryl methyl sites for hydroxylation is 1. The van der Waals surface area contributed by atoms with Gasteiger partial charge < -0.3 is 26.3 Å². The molecule has 0 atom stereocenters. The zero-order valence-electron chi connectivity index (χ0n) is 16.0. The fraction of sp³-hybridized carbons (Fsp3) is 0.316. The summed E-state index contributed by atoms with van der Waals surface area (Å²) < 4.78 is 0. The first-order chi connectivity index (χ1) is 12.9. The third kappa shape index (κ3) is 4.73. The molecule has 1 amide bonds. The first kappa shape index (κ1) is 20.2. The van der Waals surface area contributed by atoms with Crippen molar-refractivity contribution in [2.24, 2.45) is 15.7 Å². The zero-order valence-corrected chi connectivity index (χ0v) is 16.0. The third-order valence-electron chi connectivity index (χ3n) is 4.12. The molecule has 0 bridgehead atoms. The number of nitrogens with two attached hydrogens (primary N) is 1. The Morgan fingerprint density at radius 2 is 2.15 bits per heavy atom. The van der Waals surface area contributed by atoms with Gasteiger partial charge in [0.05, 0.1) is 23.3 Å². The van der Waals surface area contributed by atoms with E-state index in [9.17, 15) is 10.0 Å². The maximum Gasteiger partial charge on any atom is 0.253 e. The molecule has 2 rings (SSSR count). The first-order valence-electron chi connectivity index (χ1n) is 8.70. The second kappa shape index (κ2) is 9.00. The van der Waals surface area contributed by atoms with Crippen LogP contribution < -0.4 is 16.1 Å². The van der Waals surface area contributed by atoms with Crippen LogP contribution >= 0.6 is 0 Å². The molecule has 0 aliphatic carbocycles. The summed E-state index contributed by atoms with van der Waals surface area (Å²) in [7, 11) is 1.42. The number of nitrogens with zero attached hydrogens (tertiary/aromatic N) is 3. The summed E-state index contributed by atoms with van der Waals surface area (Å²) in [5, 5.41) is 15.2. The van der Waals surface area contributed by atoms with Crippen LogP contribution in [0.2, 0.25) is 0 Å². The number of nitrogens with one attached hydrogen (secondary N) is 2. The van der Waals surface area contributed by atoms with Crippen LogP contribution in [0.15, 0.2) is 34.4 Å². The summed E-state index contributed by atoms with van der Waals surface area (Å²) >= 11 is 0. The van der Waals surface area contributed by atoms with Gasteiger partial charge in [-0.25, -0.2) is 9.98 Å². The molecule has 0 radical (unpaired) electrons. The van der Waals surface area contributed by atoms with Crippen LogP contribution in [0, 0.1) is 19.1 Å². The quantitative estimate of drug-likeness (QED) is 0.412. The van der Waals surface area contributed by atoms with Crippen LogP contribution in [0.1, 0.15) is 40.5 Å². The Balaban J connectivity index is 2.47. The number of carbonyl (C=O) groups is 1. The van der Waals surface area contributed by atoms with Gasteiger partial charge >= 0.3 is 0 Å². The number of benzene rings is 1. The second-order valence-corrected chi connectivity index (χ2v) is 6.14. The van der Waals surface area contributed by atoms with Crippen LogP contribution in [0.4, 0.5) is 11.4 Å². The number of hydroxylamine groups is 1. The number of hydrogen-bond donors (Lipinski definition) is 3. The number of carbonyl (C=O) groups excluding carboxylic acids is 1. The van der Waals surface area contributed by atoms with E-state index in [0.29, 0.717) is 35.0 Å². The van der Waals surface area contributed by atoms with E-state index < -0.39 is 0 Å². The summed E-state index contributed by atoms with van der Waals surface area (Å²) in [5.41, 5.74) is 9.31. The van der Waals surface area contributed by atoms with E-state index in [2.05, 4.69) is 20.3 Å². The Kier molecular flexibility index (Phi) is 6.73. The van der Waals surface area contributed by atoms with Crippen molar-refractivity contribution in [3.63, 3.8) is 0 Å². The Bertz CT molecular complexity index is 867. The molecule has 0 fully saturated rings. The molecule has 0 saturated carbocycles. The topological polar surface area (TPSA) is 122 Å². The summed E-state index contributed by atoms with van der Waals surface area (Å²) in [6, 6.07) is 5.22. The van der Waals surface area contributed by atoms with Gasteiger partial charge in [0.1, 0.15) is 0 Å². The number of rotatable bonds is 6. The van der Waals surface area contributed by atoms with Crippen molar-refractivity contribution < 1.29 is 4.79 Å². The van der Waals surface area contributed by atoms with Gasteiger partial charge in [-0.15, -0.1) is 0 Å². The number of anilines is 1. The van der Waals surface area contributed by atoms with Gasteiger partial charge in [-0.3, -0.25) is 4.79 Å². The van der Waals surface area contributed by atoms with Crippen LogP contribution in [-0.4, -0.2) is 36.7 Å². The highest BCUT2D eigenvalue weighted by atomic mass is 16.5. The van der Waals surface area contributed by atoms with E-state index in [1.54, 1.807) is 18.3 Å². The number of aliphatic imine (C=N–C) groups is 2. The highest BCUT2D eigenvalue weighted by Gasteiger charge is 2.17. The Morgan fingerprint density at radius 3 is 2.78 bits per heavy atom. The fourth-order valence-corrected chi connectivity index (χ4v) is 2.55. The van der Waals surface area contributed by atoms with Crippen molar-refractivity contribution >= 4 is 29.5 Å². The number of H-pyrrole nitrogens is 1. The summed E-state index contributed by atoms with van der Waals surface area (Å²) in [6.07, 6.45) is 3.64. The van der Waals surface area contributed by atoms with E-state index in [4.69, 9.17) is 5.73 Å². The molecule has 27 heavy (non-hydrogen) atoms. The summed E-state index contributed by atoms with van der Waals surface area (Å²) in [6.45, 7) is 6.31. The number of amides is 1. The molecule has 8 nitrogen and oxygen atoms in total. The van der Waals surface area contributed by atoms with Gasteiger partial charge in [0, 0.05) is 18.4 Å². The van der Waals surface area contributed by atoms with Crippen LogP contribution in [0.3, 0.4) is 0 Å². The average Bonchev–Trinajstić information content (AvgIpc) is 3.02. The van der Waals surface area contributed by atoms with Crippen LogP contribution in [0.25, 0.3) is 0 Å². The second-order valence-electron chi connectivity index (χ2n) is 6.14. The van der Waals surface area contributed by atoms with Gasteiger partial charge in [-0.05, 0) is 50.6 Å². The molecule has 2 aromatic rings. The van der Waals surface area contributed by atoms with Crippen molar-refractivity contribution in [3.05, 3.63) is 52.0 Å². The van der Waals surface area contributed by atoms with Crippen LogP contribution in [0.5, 0.6) is 0 Å². The molecule has 1 aromatic carbocycles. The lowest BCUT2D eigenvalue weighted by molar-refractivity contribution is 0.0953. The lowest BCUT2D eigenvalue weighted by Gasteiger charge is -2.25. The molecule has 4 N–H and O–H groups in total. The maximum absolute atomic E-state index is 12.3. The molecule has 0 aliphatic heterocycles. The number of amidine groups is 1. The van der Waals surface area contributed by atoms with Crippen molar-refractivity contribution in [2.75, 3.05) is 18.7 Å². The van der Waals surface area contributed by atoms with E-state index >= 15 is 0 Å². The van der Waals surface area contributed by atoms with Crippen LogP contribution in [-0.2, 0) is 0 Å². The Hall–Kier alpha value is -3.13. The predicted molar refractivity (Wildman–Crippen MR) is 110 cm³/mol. The van der Waals surface area contributed by atoms with Gasteiger partial charge in [-0.2, -0.15) is 0 Å². The SMILES string of the molecule is CCCNC(=O)c1c[nH]c(C(N=CN)=Nc2cc(N(C)[O-])ccc2C)c1C. The molecule has 0 spiro atoms. The molecule has 144 valence electrons. The summed E-state index contributed by atoms with van der Waals surface area (Å²) in [5.74, 6) is 0.178. The molecule has 8 heteroatoms. The van der Waals surface area contributed by atoms with Gasteiger partial charge in [0.2, 0.25) is 0 Å². The number of aromatic nitrogens is 1. The maximum atomic E-state index is 12.3. The summed E-state index contributed by atoms with van der Waals surface area (Å²) in [4.78, 5) is 24.1. The van der Waals surface area contributed by atoms with Crippen molar-refractivity contribution in [1.29, 1.82) is 0 Å². The molecule has 1 heterocycles. The minimum atomic E-state index is -0.154. The van der Waals surface area contributed by atoms with E-state index in [0.717, 1.165) is 28.9 Å². The smallest absolute Gasteiger partial charge is 0.253 e.